The minimum Gasteiger partial charge on any atom is -0.329 e. The summed E-state index contributed by atoms with van der Waals surface area (Å²) in [5.41, 5.74) is 7.72. The number of nitrogens with zero attached hydrogens (tertiary/aromatic N) is 1. The predicted molar refractivity (Wildman–Crippen MR) is 86.4 cm³/mol. The maximum Gasteiger partial charge on any atom is 0.123 e. The lowest BCUT2D eigenvalue weighted by Gasteiger charge is -2.52. The fraction of sp³-hybridized carbons (Fsp3) is 0.667. The maximum atomic E-state index is 13.0. The van der Waals surface area contributed by atoms with Crippen LogP contribution in [0.25, 0.3) is 0 Å². The van der Waals surface area contributed by atoms with E-state index in [-0.39, 0.29) is 11.4 Å². The second-order valence-electron chi connectivity index (χ2n) is 7.77. The van der Waals surface area contributed by atoms with E-state index in [4.69, 9.17) is 5.73 Å². The zero-order valence-corrected chi connectivity index (χ0v) is 13.8. The first-order valence-corrected chi connectivity index (χ1v) is 7.92. The van der Waals surface area contributed by atoms with E-state index < -0.39 is 0 Å². The average molecular weight is 292 g/mol. The molecule has 0 bridgehead atoms. The van der Waals surface area contributed by atoms with Crippen molar-refractivity contribution in [1.82, 2.24) is 4.90 Å². The van der Waals surface area contributed by atoms with E-state index in [9.17, 15) is 4.39 Å². The molecule has 3 heteroatoms. The smallest absolute Gasteiger partial charge is 0.123 e. The number of benzene rings is 1. The molecule has 1 aromatic rings. The summed E-state index contributed by atoms with van der Waals surface area (Å²) in [5, 5.41) is 0. The molecule has 2 nitrogen and oxygen atoms in total. The van der Waals surface area contributed by atoms with Crippen LogP contribution < -0.4 is 5.73 Å². The van der Waals surface area contributed by atoms with Crippen LogP contribution in [0.2, 0.25) is 0 Å². The third-order valence-electron chi connectivity index (χ3n) is 4.96. The van der Waals surface area contributed by atoms with Crippen molar-refractivity contribution in [2.45, 2.75) is 52.1 Å². The van der Waals surface area contributed by atoms with Crippen molar-refractivity contribution < 1.29 is 4.39 Å². The van der Waals surface area contributed by atoms with Crippen LogP contribution in [0.3, 0.4) is 0 Å². The highest BCUT2D eigenvalue weighted by Crippen LogP contribution is 2.46. The van der Waals surface area contributed by atoms with Gasteiger partial charge >= 0.3 is 0 Å². The van der Waals surface area contributed by atoms with Gasteiger partial charge in [0.1, 0.15) is 5.82 Å². The number of rotatable bonds is 4. The number of nitrogens with two attached hydrogens (primary N) is 1. The largest absolute Gasteiger partial charge is 0.329 e. The van der Waals surface area contributed by atoms with Gasteiger partial charge in [-0.1, -0.05) is 32.9 Å². The Kier molecular flexibility index (Phi) is 4.74. The molecule has 2 atom stereocenters. The molecule has 0 aliphatic heterocycles. The second-order valence-corrected chi connectivity index (χ2v) is 7.77. The van der Waals surface area contributed by atoms with Crippen LogP contribution in [0.5, 0.6) is 0 Å². The maximum absolute atomic E-state index is 13.0. The van der Waals surface area contributed by atoms with Crippen LogP contribution in [-0.4, -0.2) is 24.0 Å². The van der Waals surface area contributed by atoms with Crippen LogP contribution in [0.1, 0.15) is 45.6 Å². The highest BCUT2D eigenvalue weighted by molar-refractivity contribution is 5.16. The Morgan fingerprint density at radius 2 is 1.86 bits per heavy atom. The molecule has 0 amide bonds. The standard InChI is InChI=1S/C18H29FN2/c1-14-9-17(2,3)12-18(10-14,13-20)21(4)11-15-5-7-16(19)8-6-15/h5-8,14H,9-13,20H2,1-4H3. The molecular weight excluding hydrogens is 263 g/mol. The summed E-state index contributed by atoms with van der Waals surface area (Å²) >= 11 is 0. The topological polar surface area (TPSA) is 29.3 Å². The van der Waals surface area contributed by atoms with Crippen LogP contribution in [0, 0.1) is 17.2 Å². The minimum atomic E-state index is -0.178. The molecule has 0 spiro atoms. The minimum absolute atomic E-state index is 0.0511. The molecule has 0 heterocycles. The Morgan fingerprint density at radius 1 is 1.24 bits per heavy atom. The third-order valence-corrected chi connectivity index (χ3v) is 4.96. The molecule has 1 saturated carbocycles. The normalized spacial score (nSPS) is 28.8. The van der Waals surface area contributed by atoms with Gasteiger partial charge in [0.15, 0.2) is 0 Å². The van der Waals surface area contributed by atoms with E-state index in [0.29, 0.717) is 17.9 Å². The number of hydrogen-bond acceptors (Lipinski definition) is 2. The molecule has 2 unspecified atom stereocenters. The lowest BCUT2D eigenvalue weighted by atomic mass is 9.63. The first kappa shape index (κ1) is 16.4. The number of likely N-dealkylation sites (N-methyl/N-ethyl adjacent to an activating group) is 1. The Labute approximate surface area is 128 Å². The second kappa shape index (κ2) is 6.05. The molecular formula is C18H29FN2. The van der Waals surface area contributed by atoms with E-state index in [1.165, 1.54) is 18.6 Å². The summed E-state index contributed by atoms with van der Waals surface area (Å²) in [6.45, 7) is 8.52. The van der Waals surface area contributed by atoms with E-state index >= 15 is 0 Å². The Hall–Kier alpha value is -0.930. The lowest BCUT2D eigenvalue weighted by molar-refractivity contribution is -0.00114. The summed E-state index contributed by atoms with van der Waals surface area (Å²) < 4.78 is 13.0. The van der Waals surface area contributed by atoms with Gasteiger partial charge in [-0.05, 0) is 55.3 Å². The summed E-state index contributed by atoms with van der Waals surface area (Å²) in [6.07, 6.45) is 3.53. The van der Waals surface area contributed by atoms with Crippen molar-refractivity contribution in [1.29, 1.82) is 0 Å². The Balaban J connectivity index is 2.17. The first-order valence-electron chi connectivity index (χ1n) is 7.92. The quantitative estimate of drug-likeness (QED) is 0.914. The molecule has 1 aliphatic rings. The predicted octanol–water partition coefficient (Wildman–Crippen LogP) is 3.80. The van der Waals surface area contributed by atoms with Crippen molar-refractivity contribution >= 4 is 0 Å². The summed E-state index contributed by atoms with van der Waals surface area (Å²) in [5.74, 6) is 0.510. The van der Waals surface area contributed by atoms with Gasteiger partial charge in [0.2, 0.25) is 0 Å². The Morgan fingerprint density at radius 3 is 2.38 bits per heavy atom. The van der Waals surface area contributed by atoms with Crippen LogP contribution >= 0.6 is 0 Å². The van der Waals surface area contributed by atoms with Gasteiger partial charge in [0, 0.05) is 18.6 Å². The van der Waals surface area contributed by atoms with Gasteiger partial charge < -0.3 is 5.73 Å². The zero-order chi connectivity index (χ0) is 15.7. The third kappa shape index (κ3) is 3.83. The monoisotopic (exact) mass is 292 g/mol. The molecule has 1 fully saturated rings. The highest BCUT2D eigenvalue weighted by atomic mass is 19.1. The zero-order valence-electron chi connectivity index (χ0n) is 13.8. The van der Waals surface area contributed by atoms with Gasteiger partial charge in [0.05, 0.1) is 0 Å². The van der Waals surface area contributed by atoms with Gasteiger partial charge in [-0.25, -0.2) is 4.39 Å². The van der Waals surface area contributed by atoms with Crippen molar-refractivity contribution in [3.05, 3.63) is 35.6 Å². The Bertz CT molecular complexity index is 469. The van der Waals surface area contributed by atoms with Crippen molar-refractivity contribution in [2.75, 3.05) is 13.6 Å². The van der Waals surface area contributed by atoms with Crippen LogP contribution in [0.15, 0.2) is 24.3 Å². The fourth-order valence-corrected chi connectivity index (χ4v) is 4.33. The van der Waals surface area contributed by atoms with Gasteiger partial charge in [0.25, 0.3) is 0 Å². The molecule has 2 N–H and O–H groups in total. The van der Waals surface area contributed by atoms with Gasteiger partial charge in [-0.3, -0.25) is 4.90 Å². The molecule has 21 heavy (non-hydrogen) atoms. The molecule has 1 aliphatic carbocycles. The molecule has 2 rings (SSSR count). The molecule has 118 valence electrons. The number of hydrogen-bond donors (Lipinski definition) is 1. The molecule has 0 aromatic heterocycles. The first-order chi connectivity index (χ1) is 9.76. The van der Waals surface area contributed by atoms with Crippen molar-refractivity contribution in [2.24, 2.45) is 17.1 Å². The van der Waals surface area contributed by atoms with E-state index in [1.807, 2.05) is 12.1 Å². The van der Waals surface area contributed by atoms with Crippen molar-refractivity contribution in [3.8, 4) is 0 Å². The van der Waals surface area contributed by atoms with E-state index in [1.54, 1.807) is 0 Å². The van der Waals surface area contributed by atoms with Gasteiger partial charge in [-0.2, -0.15) is 0 Å². The van der Waals surface area contributed by atoms with Crippen LogP contribution in [-0.2, 0) is 6.54 Å². The fourth-order valence-electron chi connectivity index (χ4n) is 4.33. The lowest BCUT2D eigenvalue weighted by Crippen LogP contribution is -2.57. The number of halogens is 1. The van der Waals surface area contributed by atoms with Crippen molar-refractivity contribution in [3.63, 3.8) is 0 Å². The highest BCUT2D eigenvalue weighted by Gasteiger charge is 2.44. The molecule has 0 saturated heterocycles. The van der Waals surface area contributed by atoms with E-state index in [2.05, 4.69) is 32.7 Å². The summed E-state index contributed by atoms with van der Waals surface area (Å²) in [6, 6.07) is 6.80. The summed E-state index contributed by atoms with van der Waals surface area (Å²) in [7, 11) is 2.16. The molecule has 1 aromatic carbocycles. The SMILES string of the molecule is CC1CC(C)(C)CC(CN)(N(C)Cc2ccc(F)cc2)C1. The van der Waals surface area contributed by atoms with Gasteiger partial charge in [-0.15, -0.1) is 0 Å². The average Bonchev–Trinajstić information content (AvgIpc) is 2.38. The van der Waals surface area contributed by atoms with Crippen LogP contribution in [0.4, 0.5) is 4.39 Å². The summed E-state index contributed by atoms with van der Waals surface area (Å²) in [4.78, 5) is 2.39. The van der Waals surface area contributed by atoms with E-state index in [0.717, 1.165) is 24.9 Å². The molecule has 0 radical (unpaired) electrons.